The molecular weight excluding hydrogens is 352 g/mol. The molecule has 0 unspecified atom stereocenters. The Hall–Kier alpha value is -0.580. The van der Waals surface area contributed by atoms with Gasteiger partial charge in [0.2, 0.25) is 0 Å². The van der Waals surface area contributed by atoms with Gasteiger partial charge in [-0.3, -0.25) is 4.79 Å². The molecule has 1 aliphatic heterocycles. The zero-order chi connectivity index (χ0) is 14.8. The monoisotopic (exact) mass is 370 g/mol. The summed E-state index contributed by atoms with van der Waals surface area (Å²) in [6, 6.07) is 5.93. The van der Waals surface area contributed by atoms with Crippen LogP contribution in [0.4, 0.5) is 0 Å². The second-order valence-electron chi connectivity index (χ2n) is 6.04. The number of hydrogen-bond acceptors (Lipinski definition) is 2. The van der Waals surface area contributed by atoms with Gasteiger partial charge in [0.15, 0.2) is 0 Å². The molecule has 0 spiro atoms. The maximum absolute atomic E-state index is 12.6. The molecule has 1 N–H and O–H groups in total. The number of benzene rings is 1. The number of amides is 1. The van der Waals surface area contributed by atoms with Crippen molar-refractivity contribution in [3.05, 3.63) is 33.3 Å². The summed E-state index contributed by atoms with van der Waals surface area (Å²) in [5.74, 6) is 0.983. The van der Waals surface area contributed by atoms with Gasteiger partial charge in [-0.25, -0.2) is 0 Å². The van der Waals surface area contributed by atoms with Crippen LogP contribution in [0, 0.1) is 5.92 Å². The predicted molar refractivity (Wildman–Crippen MR) is 88.8 cm³/mol. The zero-order valence-corrected chi connectivity index (χ0v) is 14.3. The third kappa shape index (κ3) is 3.99. The van der Waals surface area contributed by atoms with E-state index in [1.165, 1.54) is 12.8 Å². The minimum atomic E-state index is 0.0741. The van der Waals surface area contributed by atoms with E-state index in [1.54, 1.807) is 12.1 Å². The number of hydrogen-bond donors (Lipinski definition) is 1. The maximum Gasteiger partial charge on any atom is 0.255 e. The lowest BCUT2D eigenvalue weighted by molar-refractivity contribution is 0.0704. The number of nitrogens with zero attached hydrogens (tertiary/aromatic N) is 1. The second-order valence-corrected chi connectivity index (χ2v) is 7.33. The highest BCUT2D eigenvalue weighted by molar-refractivity contribution is 9.10. The van der Waals surface area contributed by atoms with Crippen LogP contribution in [0.1, 0.15) is 36.0 Å². The van der Waals surface area contributed by atoms with E-state index in [2.05, 4.69) is 21.2 Å². The van der Waals surface area contributed by atoms with Crippen molar-refractivity contribution in [1.82, 2.24) is 10.2 Å². The first-order valence-electron chi connectivity index (χ1n) is 7.61. The van der Waals surface area contributed by atoms with Crippen molar-refractivity contribution in [2.24, 2.45) is 5.92 Å². The molecule has 3 rings (SSSR count). The van der Waals surface area contributed by atoms with Gasteiger partial charge in [0.1, 0.15) is 0 Å². The average molecular weight is 372 g/mol. The fourth-order valence-electron chi connectivity index (χ4n) is 2.77. The summed E-state index contributed by atoms with van der Waals surface area (Å²) in [6.07, 6.45) is 4.84. The molecule has 21 heavy (non-hydrogen) atoms. The molecule has 3 nitrogen and oxygen atoms in total. The summed E-state index contributed by atoms with van der Waals surface area (Å²) in [5, 5.41) is 4.23. The Morgan fingerprint density at radius 2 is 2.00 bits per heavy atom. The summed E-state index contributed by atoms with van der Waals surface area (Å²) in [7, 11) is 0. The molecule has 5 heteroatoms. The Morgan fingerprint density at radius 1 is 1.29 bits per heavy atom. The summed E-state index contributed by atoms with van der Waals surface area (Å²) in [4.78, 5) is 14.5. The SMILES string of the molecule is O=C(c1cc(Cl)ccc1Br)N1CCC(NCC2CC2)CC1. The quantitative estimate of drug-likeness (QED) is 0.875. The number of carbonyl (C=O) groups excluding carboxylic acids is 1. The molecule has 1 aromatic carbocycles. The molecule has 1 aliphatic carbocycles. The van der Waals surface area contributed by atoms with Gasteiger partial charge in [-0.15, -0.1) is 0 Å². The summed E-state index contributed by atoms with van der Waals surface area (Å²) in [6.45, 7) is 2.79. The number of piperidine rings is 1. The van der Waals surface area contributed by atoms with Gasteiger partial charge in [0.25, 0.3) is 5.91 Å². The Labute approximate surface area is 139 Å². The van der Waals surface area contributed by atoms with Crippen molar-refractivity contribution < 1.29 is 4.79 Å². The summed E-state index contributed by atoms with van der Waals surface area (Å²) >= 11 is 9.44. The molecule has 0 radical (unpaired) electrons. The standard InChI is InChI=1S/C16H20BrClN2O/c17-15-4-3-12(18)9-14(15)16(21)20-7-5-13(6-8-20)19-10-11-1-2-11/h3-4,9,11,13,19H,1-2,5-8,10H2. The number of nitrogens with one attached hydrogen (secondary N) is 1. The highest BCUT2D eigenvalue weighted by Gasteiger charge is 2.27. The van der Waals surface area contributed by atoms with E-state index >= 15 is 0 Å². The third-order valence-corrected chi connectivity index (χ3v) is 5.26. The molecule has 1 aromatic rings. The van der Waals surface area contributed by atoms with Crippen molar-refractivity contribution in [1.29, 1.82) is 0 Å². The highest BCUT2D eigenvalue weighted by atomic mass is 79.9. The minimum absolute atomic E-state index is 0.0741. The molecule has 114 valence electrons. The highest BCUT2D eigenvalue weighted by Crippen LogP contribution is 2.28. The minimum Gasteiger partial charge on any atom is -0.338 e. The van der Waals surface area contributed by atoms with Gasteiger partial charge in [-0.1, -0.05) is 11.6 Å². The van der Waals surface area contributed by atoms with Gasteiger partial charge in [0, 0.05) is 28.6 Å². The van der Waals surface area contributed by atoms with E-state index in [4.69, 9.17) is 11.6 Å². The fraction of sp³-hybridized carbons (Fsp3) is 0.562. The second kappa shape index (κ2) is 6.67. The first-order chi connectivity index (χ1) is 10.1. The molecular formula is C16H20BrClN2O. The molecule has 1 heterocycles. The van der Waals surface area contributed by atoms with Crippen LogP contribution < -0.4 is 5.32 Å². The Bertz CT molecular complexity index is 525. The van der Waals surface area contributed by atoms with E-state index in [-0.39, 0.29) is 5.91 Å². The van der Waals surface area contributed by atoms with Crippen LogP contribution in [0.2, 0.25) is 5.02 Å². The van der Waals surface area contributed by atoms with Gasteiger partial charge >= 0.3 is 0 Å². The lowest BCUT2D eigenvalue weighted by Crippen LogP contribution is -2.45. The fourth-order valence-corrected chi connectivity index (χ4v) is 3.36. The van der Waals surface area contributed by atoms with Crippen molar-refractivity contribution in [2.45, 2.75) is 31.7 Å². The third-order valence-electron chi connectivity index (χ3n) is 4.33. The number of likely N-dealkylation sites (tertiary alicyclic amines) is 1. The van der Waals surface area contributed by atoms with E-state index in [9.17, 15) is 4.79 Å². The number of carbonyl (C=O) groups is 1. The predicted octanol–water partition coefficient (Wildman–Crippen LogP) is 3.71. The molecule has 1 amide bonds. The lowest BCUT2D eigenvalue weighted by Gasteiger charge is -2.32. The van der Waals surface area contributed by atoms with E-state index in [0.29, 0.717) is 16.6 Å². The first kappa shape index (κ1) is 15.3. The van der Waals surface area contributed by atoms with Gasteiger partial charge < -0.3 is 10.2 Å². The number of rotatable bonds is 4. The largest absolute Gasteiger partial charge is 0.338 e. The van der Waals surface area contributed by atoms with E-state index < -0.39 is 0 Å². The normalized spacial score (nSPS) is 19.8. The van der Waals surface area contributed by atoms with Crippen LogP contribution in [-0.2, 0) is 0 Å². The van der Waals surface area contributed by atoms with Gasteiger partial charge in [0.05, 0.1) is 5.56 Å². The van der Waals surface area contributed by atoms with Crippen LogP contribution >= 0.6 is 27.5 Å². The molecule has 0 aromatic heterocycles. The summed E-state index contributed by atoms with van der Waals surface area (Å²) in [5.41, 5.74) is 0.659. The van der Waals surface area contributed by atoms with Crippen LogP contribution in [0.25, 0.3) is 0 Å². The Balaban J connectivity index is 1.55. The van der Waals surface area contributed by atoms with Crippen LogP contribution in [0.15, 0.2) is 22.7 Å². The van der Waals surface area contributed by atoms with Crippen molar-refractivity contribution in [3.63, 3.8) is 0 Å². The van der Waals surface area contributed by atoms with Crippen LogP contribution in [0.3, 0.4) is 0 Å². The van der Waals surface area contributed by atoms with Crippen molar-refractivity contribution in [2.75, 3.05) is 19.6 Å². The number of halogens is 2. The Kier molecular flexibility index (Phi) is 4.87. The molecule has 2 fully saturated rings. The molecule has 1 saturated carbocycles. The topological polar surface area (TPSA) is 32.3 Å². The van der Waals surface area contributed by atoms with Crippen LogP contribution in [-0.4, -0.2) is 36.5 Å². The maximum atomic E-state index is 12.6. The summed E-state index contributed by atoms with van der Waals surface area (Å²) < 4.78 is 0.811. The van der Waals surface area contributed by atoms with Gasteiger partial charge in [-0.05, 0) is 72.3 Å². The average Bonchev–Trinajstić information content (AvgIpc) is 3.32. The van der Waals surface area contributed by atoms with E-state index in [1.807, 2.05) is 11.0 Å². The lowest BCUT2D eigenvalue weighted by atomic mass is 10.0. The Morgan fingerprint density at radius 3 is 2.67 bits per heavy atom. The van der Waals surface area contributed by atoms with E-state index in [0.717, 1.165) is 42.9 Å². The van der Waals surface area contributed by atoms with Crippen molar-refractivity contribution in [3.8, 4) is 0 Å². The zero-order valence-electron chi connectivity index (χ0n) is 11.9. The van der Waals surface area contributed by atoms with Gasteiger partial charge in [-0.2, -0.15) is 0 Å². The molecule has 0 atom stereocenters. The molecule has 2 aliphatic rings. The molecule has 1 saturated heterocycles. The smallest absolute Gasteiger partial charge is 0.255 e. The van der Waals surface area contributed by atoms with Crippen molar-refractivity contribution >= 4 is 33.4 Å². The van der Waals surface area contributed by atoms with Crippen LogP contribution in [0.5, 0.6) is 0 Å². The molecule has 0 bridgehead atoms. The first-order valence-corrected chi connectivity index (χ1v) is 8.78.